The third kappa shape index (κ3) is 13.9. The van der Waals surface area contributed by atoms with Gasteiger partial charge in [0.05, 0.1) is 104 Å². The second kappa shape index (κ2) is 24.1. The van der Waals surface area contributed by atoms with E-state index in [9.17, 15) is 4.79 Å². The fraction of sp³-hybridized carbons (Fsp3) is 0.568. The highest BCUT2D eigenvalue weighted by Crippen LogP contribution is 2.34. The maximum absolute atomic E-state index is 13.2. The van der Waals surface area contributed by atoms with Crippen LogP contribution in [-0.2, 0) is 38.0 Å². The van der Waals surface area contributed by atoms with Crippen molar-refractivity contribution in [2.45, 2.75) is 32.2 Å². The summed E-state index contributed by atoms with van der Waals surface area (Å²) in [6, 6.07) is 12.8. The minimum absolute atomic E-state index is 0.0688. The van der Waals surface area contributed by atoms with Crippen LogP contribution in [0.25, 0.3) is 5.69 Å². The maximum Gasteiger partial charge on any atom is 0.162 e. The molecule has 286 valence electrons. The third-order valence-electron chi connectivity index (χ3n) is 7.91. The van der Waals surface area contributed by atoms with Crippen LogP contribution in [0.4, 0.5) is 0 Å². The zero-order valence-corrected chi connectivity index (χ0v) is 31.0. The van der Waals surface area contributed by atoms with Gasteiger partial charge in [0, 0.05) is 42.1 Å². The van der Waals surface area contributed by atoms with Gasteiger partial charge in [-0.15, -0.1) is 10.2 Å². The van der Waals surface area contributed by atoms with Crippen molar-refractivity contribution in [2.24, 2.45) is 10.7 Å². The predicted molar refractivity (Wildman–Crippen MR) is 196 cm³/mol. The van der Waals surface area contributed by atoms with Crippen LogP contribution in [0, 0.1) is 6.92 Å². The van der Waals surface area contributed by atoms with Crippen molar-refractivity contribution in [1.82, 2.24) is 14.8 Å². The van der Waals surface area contributed by atoms with Gasteiger partial charge in [0.25, 0.3) is 0 Å². The normalized spacial score (nSPS) is 13.8. The topological polar surface area (TPSA) is 160 Å². The van der Waals surface area contributed by atoms with E-state index < -0.39 is 6.04 Å². The quantitative estimate of drug-likeness (QED) is 0.107. The molecule has 1 aliphatic heterocycles. The van der Waals surface area contributed by atoms with Gasteiger partial charge in [-0.3, -0.25) is 14.4 Å². The fourth-order valence-electron chi connectivity index (χ4n) is 5.37. The van der Waals surface area contributed by atoms with Crippen LogP contribution in [0.3, 0.4) is 0 Å². The number of rotatable bonds is 28. The fourth-order valence-corrected chi connectivity index (χ4v) is 5.50. The van der Waals surface area contributed by atoms with E-state index in [-0.39, 0.29) is 12.2 Å². The molecular weight excluding hydrogens is 694 g/mol. The summed E-state index contributed by atoms with van der Waals surface area (Å²) in [4.78, 5) is 18.4. The summed E-state index contributed by atoms with van der Waals surface area (Å²) >= 11 is 6.20. The molecule has 1 aromatic heterocycles. The van der Waals surface area contributed by atoms with Crippen LogP contribution in [0.1, 0.15) is 48.1 Å². The van der Waals surface area contributed by atoms with Gasteiger partial charge >= 0.3 is 0 Å². The third-order valence-corrected chi connectivity index (χ3v) is 8.16. The van der Waals surface area contributed by atoms with Gasteiger partial charge < -0.3 is 43.6 Å². The van der Waals surface area contributed by atoms with Crippen molar-refractivity contribution in [3.05, 3.63) is 70.3 Å². The highest BCUT2D eigenvalue weighted by Gasteiger charge is 2.30. The van der Waals surface area contributed by atoms with Crippen LogP contribution in [0.15, 0.2) is 47.5 Å². The summed E-state index contributed by atoms with van der Waals surface area (Å²) in [6.07, 6.45) is 1.14. The largest absolute Gasteiger partial charge is 0.497 e. The molecule has 0 radical (unpaired) electrons. The second-order valence-corrected chi connectivity index (χ2v) is 12.2. The molecule has 0 unspecified atom stereocenters. The molecule has 15 heteroatoms. The molecule has 0 amide bonds. The van der Waals surface area contributed by atoms with Gasteiger partial charge in [0.1, 0.15) is 23.4 Å². The molecule has 0 fully saturated rings. The molecule has 2 aromatic carbocycles. The number of fused-ring (bicyclic) bond motifs is 3. The zero-order chi connectivity index (χ0) is 36.8. The summed E-state index contributed by atoms with van der Waals surface area (Å²) in [6.45, 7) is 9.28. The molecular formula is C37H52ClN5O9. The van der Waals surface area contributed by atoms with E-state index in [0.29, 0.717) is 134 Å². The Morgan fingerprint density at radius 3 is 1.83 bits per heavy atom. The van der Waals surface area contributed by atoms with Crippen molar-refractivity contribution < 1.29 is 42.7 Å². The van der Waals surface area contributed by atoms with E-state index in [1.165, 1.54) is 0 Å². The van der Waals surface area contributed by atoms with Gasteiger partial charge in [0.2, 0.25) is 0 Å². The van der Waals surface area contributed by atoms with Crippen molar-refractivity contribution in [3.8, 4) is 11.4 Å². The summed E-state index contributed by atoms with van der Waals surface area (Å²) < 4.78 is 45.8. The molecule has 4 rings (SSSR count). The molecule has 0 saturated heterocycles. The lowest BCUT2D eigenvalue weighted by Crippen LogP contribution is -2.15. The summed E-state index contributed by atoms with van der Waals surface area (Å²) in [5.74, 6) is 2.09. The van der Waals surface area contributed by atoms with Crippen molar-refractivity contribution >= 4 is 23.1 Å². The Morgan fingerprint density at radius 2 is 1.29 bits per heavy atom. The first-order valence-corrected chi connectivity index (χ1v) is 18.1. The van der Waals surface area contributed by atoms with Crippen LogP contribution >= 0.6 is 11.6 Å². The van der Waals surface area contributed by atoms with E-state index in [4.69, 9.17) is 60.2 Å². The molecule has 1 atom stereocenters. The maximum atomic E-state index is 13.2. The SMILES string of the molecule is COc1ccc2c(c1)C(c1ccc(Cl)cc1)=N[C@@H](CC(=O)CCCOCCOCCOCCOCCOCCOCCOCCN)c1nnc(C)n1-2. The zero-order valence-electron chi connectivity index (χ0n) is 30.3. The Kier molecular flexibility index (Phi) is 19.2. The van der Waals surface area contributed by atoms with Gasteiger partial charge in [-0.25, -0.2) is 0 Å². The summed E-state index contributed by atoms with van der Waals surface area (Å²) in [7, 11) is 1.63. The number of ether oxygens (including phenoxy) is 8. The number of Topliss-reactive ketones (excluding diaryl/α,β-unsaturated/α-hetero) is 1. The van der Waals surface area contributed by atoms with E-state index in [1.807, 2.05) is 54.0 Å². The predicted octanol–water partition coefficient (Wildman–Crippen LogP) is 3.94. The number of hydrogen-bond donors (Lipinski definition) is 1. The highest BCUT2D eigenvalue weighted by atomic mass is 35.5. The van der Waals surface area contributed by atoms with Gasteiger partial charge in [-0.05, 0) is 43.7 Å². The van der Waals surface area contributed by atoms with E-state index in [1.54, 1.807) is 7.11 Å². The first-order chi connectivity index (χ1) is 25.5. The number of benzene rings is 2. The summed E-state index contributed by atoms with van der Waals surface area (Å²) in [5.41, 5.74) is 8.68. The number of nitrogens with zero attached hydrogens (tertiary/aromatic N) is 4. The molecule has 2 N–H and O–H groups in total. The second-order valence-electron chi connectivity index (χ2n) is 11.7. The van der Waals surface area contributed by atoms with Crippen LogP contribution in [0.5, 0.6) is 5.75 Å². The molecule has 52 heavy (non-hydrogen) atoms. The lowest BCUT2D eigenvalue weighted by atomic mass is 9.99. The lowest BCUT2D eigenvalue weighted by Gasteiger charge is -2.14. The molecule has 0 spiro atoms. The first-order valence-electron chi connectivity index (χ1n) is 17.7. The van der Waals surface area contributed by atoms with Gasteiger partial charge in [-0.2, -0.15) is 0 Å². The van der Waals surface area contributed by atoms with Crippen molar-refractivity contribution in [1.29, 1.82) is 0 Å². The number of aromatic nitrogens is 3. The Labute approximate surface area is 310 Å². The molecule has 0 bridgehead atoms. The Morgan fingerprint density at radius 1 is 0.750 bits per heavy atom. The van der Waals surface area contributed by atoms with Gasteiger partial charge in [-0.1, -0.05) is 23.7 Å². The number of methoxy groups -OCH3 is 1. The first kappa shape index (κ1) is 41.4. The lowest BCUT2D eigenvalue weighted by molar-refractivity contribution is -0.119. The van der Waals surface area contributed by atoms with E-state index >= 15 is 0 Å². The monoisotopic (exact) mass is 745 g/mol. The van der Waals surface area contributed by atoms with Crippen molar-refractivity contribution in [2.75, 3.05) is 106 Å². The smallest absolute Gasteiger partial charge is 0.162 e. The molecule has 1 aliphatic rings. The average molecular weight is 746 g/mol. The summed E-state index contributed by atoms with van der Waals surface area (Å²) in [5, 5.41) is 9.43. The Bertz CT molecular complexity index is 1510. The van der Waals surface area contributed by atoms with Gasteiger partial charge in [0.15, 0.2) is 5.82 Å². The number of aryl methyl sites for hydroxylation is 1. The molecule has 0 saturated carbocycles. The average Bonchev–Trinajstić information content (AvgIpc) is 3.48. The highest BCUT2D eigenvalue weighted by molar-refractivity contribution is 6.30. The molecule has 3 aromatic rings. The molecule has 0 aliphatic carbocycles. The number of ketones is 1. The minimum Gasteiger partial charge on any atom is -0.497 e. The van der Waals surface area contributed by atoms with Crippen LogP contribution in [-0.4, -0.2) is 132 Å². The minimum atomic E-state index is -0.524. The number of hydrogen-bond acceptors (Lipinski definition) is 13. The Balaban J connectivity index is 1.08. The van der Waals surface area contributed by atoms with E-state index in [2.05, 4.69) is 10.2 Å². The molecule has 14 nitrogen and oxygen atoms in total. The number of halogens is 1. The number of aliphatic imine (C=N–C) groups is 1. The number of nitrogens with two attached hydrogens (primary N) is 1. The molecule has 2 heterocycles. The van der Waals surface area contributed by atoms with Crippen LogP contribution in [0.2, 0.25) is 5.02 Å². The number of carbonyl (C=O) groups excluding carboxylic acids is 1. The van der Waals surface area contributed by atoms with Crippen LogP contribution < -0.4 is 10.5 Å². The standard InChI is InChI=1S/C37H52ClN5O9/c1-28-41-42-37-34(40-36(29-5-7-30(38)8-6-29)33-27-32(45-2)9-10-35(33)43(28)37)26-31(44)4-3-12-46-14-16-48-18-20-50-22-24-52-25-23-51-21-19-49-17-15-47-13-11-39/h5-10,27,34H,3-4,11-26,39H2,1-2H3/t34-/m0/s1. The Hall–Kier alpha value is -3.31. The van der Waals surface area contributed by atoms with Crippen molar-refractivity contribution in [3.63, 3.8) is 0 Å². The van der Waals surface area contributed by atoms with E-state index in [0.717, 1.165) is 22.5 Å². The number of carbonyl (C=O) groups is 1.